The van der Waals surface area contributed by atoms with E-state index < -0.39 is 0 Å². The molecule has 0 aliphatic heterocycles. The second kappa shape index (κ2) is 3.02. The monoisotopic (exact) mass is 196 g/mol. The Morgan fingerprint density at radius 2 is 1.80 bits per heavy atom. The Bertz CT molecular complexity index is 602. The average Bonchev–Trinajstić information content (AvgIpc) is 2.84. The van der Waals surface area contributed by atoms with Gasteiger partial charge < -0.3 is 9.97 Å². The summed E-state index contributed by atoms with van der Waals surface area (Å²) < 4.78 is 0. The minimum absolute atomic E-state index is 1.19. The molecule has 0 amide bonds. The first kappa shape index (κ1) is 8.36. The Morgan fingerprint density at radius 1 is 0.933 bits per heavy atom. The third-order valence-corrected chi connectivity index (χ3v) is 2.82. The van der Waals surface area contributed by atoms with Gasteiger partial charge in [0.05, 0.1) is 0 Å². The van der Waals surface area contributed by atoms with Gasteiger partial charge in [0.2, 0.25) is 0 Å². The highest BCUT2D eigenvalue weighted by Crippen LogP contribution is 2.25. The van der Waals surface area contributed by atoms with Gasteiger partial charge in [-0.25, -0.2) is 0 Å². The third-order valence-electron chi connectivity index (χ3n) is 2.82. The molecule has 2 heterocycles. The highest BCUT2D eigenvalue weighted by molar-refractivity contribution is 5.85. The minimum Gasteiger partial charge on any atom is -0.365 e. The summed E-state index contributed by atoms with van der Waals surface area (Å²) in [6.07, 6.45) is 3.95. The van der Waals surface area contributed by atoms with Gasteiger partial charge in [0.1, 0.15) is 0 Å². The van der Waals surface area contributed by atoms with Crippen LogP contribution in [0.25, 0.3) is 22.0 Å². The van der Waals surface area contributed by atoms with Crippen molar-refractivity contribution < 1.29 is 0 Å². The highest BCUT2D eigenvalue weighted by atomic mass is 14.7. The number of aromatic nitrogens is 2. The molecule has 3 rings (SSSR count). The van der Waals surface area contributed by atoms with Crippen molar-refractivity contribution in [3.63, 3.8) is 0 Å². The first-order valence-corrected chi connectivity index (χ1v) is 5.06. The molecular formula is C13H12N2. The Balaban J connectivity index is 2.23. The molecule has 0 atom stereocenters. The molecule has 15 heavy (non-hydrogen) atoms. The van der Waals surface area contributed by atoms with Crippen LogP contribution in [0, 0.1) is 6.92 Å². The molecule has 2 nitrogen and oxygen atoms in total. The highest BCUT2D eigenvalue weighted by Gasteiger charge is 2.03. The van der Waals surface area contributed by atoms with E-state index in [1.54, 1.807) is 0 Å². The lowest BCUT2D eigenvalue weighted by Gasteiger charge is -2.00. The molecule has 0 aliphatic rings. The van der Waals surface area contributed by atoms with E-state index in [0.717, 1.165) is 0 Å². The van der Waals surface area contributed by atoms with E-state index in [0.29, 0.717) is 0 Å². The van der Waals surface area contributed by atoms with Crippen LogP contribution in [0.15, 0.2) is 42.7 Å². The molecule has 0 fully saturated rings. The largest absolute Gasteiger partial charge is 0.365 e. The number of aromatic amines is 2. The number of benzene rings is 1. The molecule has 0 saturated carbocycles. The van der Waals surface area contributed by atoms with E-state index in [1.807, 2.05) is 12.4 Å². The Labute approximate surface area is 88.0 Å². The smallest absolute Gasteiger partial charge is 0.0460 e. The van der Waals surface area contributed by atoms with Crippen molar-refractivity contribution in [3.05, 3.63) is 48.4 Å². The number of rotatable bonds is 1. The third kappa shape index (κ3) is 1.26. The van der Waals surface area contributed by atoms with Crippen molar-refractivity contribution in [1.29, 1.82) is 0 Å². The van der Waals surface area contributed by atoms with Crippen LogP contribution in [0.1, 0.15) is 5.69 Å². The second-order valence-electron chi connectivity index (χ2n) is 3.80. The molecule has 0 aliphatic carbocycles. The molecule has 2 N–H and O–H groups in total. The predicted molar refractivity (Wildman–Crippen MR) is 62.8 cm³/mol. The van der Waals surface area contributed by atoms with Gasteiger partial charge in [0.15, 0.2) is 0 Å². The zero-order valence-corrected chi connectivity index (χ0v) is 8.54. The molecule has 74 valence electrons. The first-order valence-electron chi connectivity index (χ1n) is 5.06. The van der Waals surface area contributed by atoms with E-state index in [4.69, 9.17) is 0 Å². The van der Waals surface area contributed by atoms with Gasteiger partial charge in [0, 0.05) is 29.2 Å². The lowest BCUT2D eigenvalue weighted by molar-refractivity contribution is 1.27. The molecule has 2 aromatic heterocycles. The summed E-state index contributed by atoms with van der Waals surface area (Å²) in [6.45, 7) is 2.09. The fraction of sp³-hybridized carbons (Fsp3) is 0.0769. The van der Waals surface area contributed by atoms with E-state index in [2.05, 4.69) is 47.2 Å². The fourth-order valence-corrected chi connectivity index (χ4v) is 1.98. The van der Waals surface area contributed by atoms with E-state index in [9.17, 15) is 0 Å². The van der Waals surface area contributed by atoms with Crippen LogP contribution in [0.3, 0.4) is 0 Å². The molecular weight excluding hydrogens is 184 g/mol. The standard InChI is InChI=1S/C13H12N2/c1-9-12(5-7-14-9)11-3-2-10-4-6-15-13(10)8-11/h2-8,14-15H,1H3. The molecule has 2 heteroatoms. The van der Waals surface area contributed by atoms with Crippen LogP contribution in [-0.4, -0.2) is 9.97 Å². The van der Waals surface area contributed by atoms with Crippen molar-refractivity contribution >= 4 is 10.9 Å². The molecule has 3 aromatic rings. The molecule has 0 saturated heterocycles. The van der Waals surface area contributed by atoms with Crippen LogP contribution in [0.4, 0.5) is 0 Å². The Hall–Kier alpha value is -1.96. The van der Waals surface area contributed by atoms with Gasteiger partial charge in [-0.2, -0.15) is 0 Å². The molecule has 0 bridgehead atoms. The maximum Gasteiger partial charge on any atom is 0.0460 e. The summed E-state index contributed by atoms with van der Waals surface area (Å²) in [5, 5.41) is 1.26. The zero-order chi connectivity index (χ0) is 10.3. The van der Waals surface area contributed by atoms with Gasteiger partial charge in [-0.1, -0.05) is 12.1 Å². The second-order valence-corrected chi connectivity index (χ2v) is 3.80. The van der Waals surface area contributed by atoms with Gasteiger partial charge in [0.25, 0.3) is 0 Å². The number of hydrogen-bond donors (Lipinski definition) is 2. The average molecular weight is 196 g/mol. The SMILES string of the molecule is Cc1[nH]ccc1-c1ccc2cc[nH]c2c1. The summed E-state index contributed by atoms with van der Waals surface area (Å²) in [5.74, 6) is 0. The van der Waals surface area contributed by atoms with Gasteiger partial charge in [-0.15, -0.1) is 0 Å². The number of fused-ring (bicyclic) bond motifs is 1. The first-order chi connectivity index (χ1) is 7.34. The van der Waals surface area contributed by atoms with Gasteiger partial charge >= 0.3 is 0 Å². The number of aryl methyl sites for hydroxylation is 1. The lowest BCUT2D eigenvalue weighted by atomic mass is 10.1. The van der Waals surface area contributed by atoms with Crippen LogP contribution in [0.5, 0.6) is 0 Å². The predicted octanol–water partition coefficient (Wildman–Crippen LogP) is 3.47. The van der Waals surface area contributed by atoms with Crippen molar-refractivity contribution in [2.24, 2.45) is 0 Å². The summed E-state index contributed by atoms with van der Waals surface area (Å²) in [4.78, 5) is 6.43. The fourth-order valence-electron chi connectivity index (χ4n) is 1.98. The van der Waals surface area contributed by atoms with Gasteiger partial charge in [-0.3, -0.25) is 0 Å². The normalized spacial score (nSPS) is 11.0. The van der Waals surface area contributed by atoms with Crippen LogP contribution >= 0.6 is 0 Å². The maximum absolute atomic E-state index is 3.23. The quantitative estimate of drug-likeness (QED) is 0.597. The number of H-pyrrole nitrogens is 2. The summed E-state index contributed by atoms with van der Waals surface area (Å²) >= 11 is 0. The van der Waals surface area contributed by atoms with Crippen molar-refractivity contribution in [2.45, 2.75) is 6.92 Å². The van der Waals surface area contributed by atoms with Crippen molar-refractivity contribution in [2.75, 3.05) is 0 Å². The van der Waals surface area contributed by atoms with Gasteiger partial charge in [-0.05, 0) is 36.1 Å². The van der Waals surface area contributed by atoms with E-state index in [1.165, 1.54) is 27.7 Å². The van der Waals surface area contributed by atoms with E-state index in [-0.39, 0.29) is 0 Å². The summed E-state index contributed by atoms with van der Waals surface area (Å²) in [5.41, 5.74) is 4.92. The summed E-state index contributed by atoms with van der Waals surface area (Å²) in [7, 11) is 0. The molecule has 1 aromatic carbocycles. The van der Waals surface area contributed by atoms with Crippen molar-refractivity contribution in [1.82, 2.24) is 9.97 Å². The lowest BCUT2D eigenvalue weighted by Crippen LogP contribution is -1.78. The topological polar surface area (TPSA) is 31.6 Å². The summed E-state index contributed by atoms with van der Waals surface area (Å²) in [6, 6.07) is 10.7. The molecule has 0 radical (unpaired) electrons. The number of hydrogen-bond acceptors (Lipinski definition) is 0. The minimum atomic E-state index is 1.19. The maximum atomic E-state index is 3.23. The Morgan fingerprint density at radius 3 is 2.60 bits per heavy atom. The zero-order valence-electron chi connectivity index (χ0n) is 8.54. The van der Waals surface area contributed by atoms with Crippen LogP contribution in [0.2, 0.25) is 0 Å². The molecule has 0 spiro atoms. The molecule has 0 unspecified atom stereocenters. The Kier molecular flexibility index (Phi) is 1.68. The van der Waals surface area contributed by atoms with Crippen molar-refractivity contribution in [3.8, 4) is 11.1 Å². The number of nitrogens with one attached hydrogen (secondary N) is 2. The van der Waals surface area contributed by atoms with E-state index >= 15 is 0 Å². The van der Waals surface area contributed by atoms with Crippen LogP contribution < -0.4 is 0 Å². The van der Waals surface area contributed by atoms with Crippen LogP contribution in [-0.2, 0) is 0 Å².